The molecule has 0 radical (unpaired) electrons. The summed E-state index contributed by atoms with van der Waals surface area (Å²) in [6, 6.07) is 14.2. The van der Waals surface area contributed by atoms with Crippen molar-refractivity contribution in [1.82, 2.24) is 4.90 Å². The minimum absolute atomic E-state index is 0.0549. The molecule has 0 atom stereocenters. The second-order valence-electron chi connectivity index (χ2n) is 7.47. The lowest BCUT2D eigenvalue weighted by Gasteiger charge is -2.16. The summed E-state index contributed by atoms with van der Waals surface area (Å²) in [7, 11) is 0. The van der Waals surface area contributed by atoms with Crippen LogP contribution >= 0.6 is 0 Å². The number of ether oxygens (including phenoxy) is 1. The Morgan fingerprint density at radius 1 is 0.897 bits per heavy atom. The molecule has 0 saturated carbocycles. The van der Waals surface area contributed by atoms with Gasteiger partial charge in [-0.15, -0.1) is 0 Å². The first-order valence-corrected chi connectivity index (χ1v) is 10.1. The van der Waals surface area contributed by atoms with Crippen LogP contribution in [0.5, 0.6) is 0 Å². The second-order valence-corrected chi connectivity index (χ2v) is 7.47. The number of hydrogen-bond donors (Lipinski definition) is 0. The zero-order chi connectivity index (χ0) is 20.2. The van der Waals surface area contributed by atoms with Crippen molar-refractivity contribution in [2.24, 2.45) is 0 Å². The van der Waals surface area contributed by atoms with E-state index in [9.17, 15) is 14.4 Å². The van der Waals surface area contributed by atoms with Gasteiger partial charge in [0.1, 0.15) is 6.61 Å². The molecule has 29 heavy (non-hydrogen) atoms. The molecule has 0 spiro atoms. The molecule has 2 aliphatic heterocycles. The van der Waals surface area contributed by atoms with Crippen molar-refractivity contribution >= 4 is 23.5 Å². The molecule has 6 nitrogen and oxygen atoms in total. The average molecular weight is 392 g/mol. The van der Waals surface area contributed by atoms with Crippen LogP contribution in [-0.2, 0) is 16.1 Å². The Hall–Kier alpha value is -3.15. The number of amides is 2. The maximum atomic E-state index is 12.4. The Balaban J connectivity index is 1.36. The zero-order valence-electron chi connectivity index (χ0n) is 16.3. The Bertz CT molecular complexity index is 917. The van der Waals surface area contributed by atoms with Gasteiger partial charge in [0.25, 0.3) is 5.91 Å². The highest BCUT2D eigenvalue weighted by Gasteiger charge is 2.22. The fraction of sp³-hybridized carbons (Fsp3) is 0.348. The molecule has 0 bridgehead atoms. The Morgan fingerprint density at radius 3 is 2.34 bits per heavy atom. The van der Waals surface area contributed by atoms with E-state index >= 15 is 0 Å². The van der Waals surface area contributed by atoms with E-state index in [4.69, 9.17) is 4.74 Å². The van der Waals surface area contributed by atoms with E-state index in [1.807, 2.05) is 23.1 Å². The zero-order valence-corrected chi connectivity index (χ0v) is 16.3. The summed E-state index contributed by atoms with van der Waals surface area (Å²) in [6.45, 7) is 2.45. The standard InChI is InChI=1S/C23H24N2O4/c26-21-7-4-14-25(21)20-6-3-5-19(15-20)23(28)29-16-17-8-10-18(11-9-17)22(27)24-12-1-2-13-24/h3,5-6,8-11,15H,1-2,4,7,12-14,16H2. The SMILES string of the molecule is O=C(OCc1ccc(C(=O)N2CCCC2)cc1)c1cccc(N2CCCC2=O)c1. The van der Waals surface area contributed by atoms with E-state index in [1.165, 1.54) is 0 Å². The van der Waals surface area contributed by atoms with Crippen molar-refractivity contribution in [3.8, 4) is 0 Å². The number of carbonyl (C=O) groups excluding carboxylic acids is 3. The first kappa shape index (κ1) is 19.2. The number of rotatable bonds is 5. The molecule has 4 rings (SSSR count). The predicted octanol–water partition coefficient (Wildman–Crippen LogP) is 3.41. The van der Waals surface area contributed by atoms with Gasteiger partial charge in [-0.3, -0.25) is 9.59 Å². The molecule has 0 N–H and O–H groups in total. The quantitative estimate of drug-likeness (QED) is 0.732. The molecule has 0 aromatic heterocycles. The average Bonchev–Trinajstić information content (AvgIpc) is 3.44. The van der Waals surface area contributed by atoms with E-state index in [2.05, 4.69) is 0 Å². The number of nitrogens with zero attached hydrogens (tertiary/aromatic N) is 2. The summed E-state index contributed by atoms with van der Waals surface area (Å²) in [5.74, 6) is -0.297. The number of benzene rings is 2. The molecule has 0 unspecified atom stereocenters. The Labute approximate surface area is 170 Å². The smallest absolute Gasteiger partial charge is 0.338 e. The fourth-order valence-corrected chi connectivity index (χ4v) is 3.80. The van der Waals surface area contributed by atoms with Gasteiger partial charge in [0.2, 0.25) is 5.91 Å². The molecule has 0 aliphatic carbocycles. The summed E-state index contributed by atoms with van der Waals surface area (Å²) in [5.41, 5.74) is 2.63. The third kappa shape index (κ3) is 4.31. The van der Waals surface area contributed by atoms with Gasteiger partial charge >= 0.3 is 5.97 Å². The summed E-state index contributed by atoms with van der Waals surface area (Å²) in [6.07, 6.45) is 3.51. The highest BCUT2D eigenvalue weighted by molar-refractivity contribution is 5.97. The lowest BCUT2D eigenvalue weighted by molar-refractivity contribution is -0.117. The molecule has 150 valence electrons. The largest absolute Gasteiger partial charge is 0.457 e. The van der Waals surface area contributed by atoms with E-state index in [-0.39, 0.29) is 18.4 Å². The Kier molecular flexibility index (Phi) is 5.60. The van der Waals surface area contributed by atoms with Crippen molar-refractivity contribution < 1.29 is 19.1 Å². The van der Waals surface area contributed by atoms with Gasteiger partial charge in [-0.25, -0.2) is 4.79 Å². The lowest BCUT2D eigenvalue weighted by Crippen LogP contribution is -2.27. The molecule has 6 heteroatoms. The van der Waals surface area contributed by atoms with Gasteiger partial charge in [-0.1, -0.05) is 18.2 Å². The first-order chi connectivity index (χ1) is 14.1. The second kappa shape index (κ2) is 8.47. The van der Waals surface area contributed by atoms with Crippen LogP contribution in [0.3, 0.4) is 0 Å². The van der Waals surface area contributed by atoms with Crippen LogP contribution in [-0.4, -0.2) is 42.3 Å². The number of hydrogen-bond acceptors (Lipinski definition) is 4. The predicted molar refractivity (Wildman–Crippen MR) is 109 cm³/mol. The highest BCUT2D eigenvalue weighted by atomic mass is 16.5. The van der Waals surface area contributed by atoms with Crippen LogP contribution in [0.4, 0.5) is 5.69 Å². The van der Waals surface area contributed by atoms with Crippen molar-refractivity contribution in [1.29, 1.82) is 0 Å². The normalized spacial score (nSPS) is 16.3. The van der Waals surface area contributed by atoms with Crippen molar-refractivity contribution in [2.75, 3.05) is 24.5 Å². The molecule has 2 fully saturated rings. The number of anilines is 1. The molecule has 2 amide bonds. The van der Waals surface area contributed by atoms with Crippen molar-refractivity contribution in [2.45, 2.75) is 32.3 Å². The minimum Gasteiger partial charge on any atom is -0.457 e. The molecular formula is C23H24N2O4. The maximum Gasteiger partial charge on any atom is 0.338 e. The van der Waals surface area contributed by atoms with Crippen LogP contribution in [0.2, 0.25) is 0 Å². The van der Waals surface area contributed by atoms with Crippen LogP contribution in [0.1, 0.15) is 52.0 Å². The summed E-state index contributed by atoms with van der Waals surface area (Å²) in [5, 5.41) is 0. The van der Waals surface area contributed by atoms with E-state index in [1.54, 1.807) is 35.2 Å². The molecule has 2 saturated heterocycles. The third-order valence-electron chi connectivity index (χ3n) is 5.43. The van der Waals surface area contributed by atoms with Gasteiger partial charge in [0.05, 0.1) is 5.56 Å². The molecular weight excluding hydrogens is 368 g/mol. The van der Waals surface area contributed by atoms with Crippen molar-refractivity contribution in [3.05, 3.63) is 65.2 Å². The van der Waals surface area contributed by atoms with Crippen LogP contribution < -0.4 is 4.90 Å². The van der Waals surface area contributed by atoms with E-state index in [0.717, 1.165) is 43.6 Å². The van der Waals surface area contributed by atoms with E-state index in [0.29, 0.717) is 24.1 Å². The number of esters is 1. The molecule has 2 heterocycles. The van der Waals surface area contributed by atoms with Crippen LogP contribution in [0, 0.1) is 0 Å². The van der Waals surface area contributed by atoms with E-state index < -0.39 is 5.97 Å². The Morgan fingerprint density at radius 2 is 1.66 bits per heavy atom. The van der Waals surface area contributed by atoms with Crippen LogP contribution in [0.25, 0.3) is 0 Å². The van der Waals surface area contributed by atoms with Gasteiger partial charge in [0, 0.05) is 37.3 Å². The minimum atomic E-state index is -0.435. The summed E-state index contributed by atoms with van der Waals surface area (Å²) in [4.78, 5) is 40.3. The first-order valence-electron chi connectivity index (χ1n) is 10.1. The summed E-state index contributed by atoms with van der Waals surface area (Å²) >= 11 is 0. The molecule has 2 aliphatic rings. The third-order valence-corrected chi connectivity index (χ3v) is 5.43. The fourth-order valence-electron chi connectivity index (χ4n) is 3.80. The van der Waals surface area contributed by atoms with Gasteiger partial charge in [-0.05, 0) is 55.2 Å². The monoisotopic (exact) mass is 392 g/mol. The number of carbonyl (C=O) groups is 3. The lowest BCUT2D eigenvalue weighted by atomic mass is 10.1. The van der Waals surface area contributed by atoms with Crippen molar-refractivity contribution in [3.63, 3.8) is 0 Å². The van der Waals surface area contributed by atoms with Gasteiger partial charge in [0.15, 0.2) is 0 Å². The van der Waals surface area contributed by atoms with Gasteiger partial charge < -0.3 is 14.5 Å². The highest BCUT2D eigenvalue weighted by Crippen LogP contribution is 2.23. The molecule has 2 aromatic rings. The molecule has 2 aromatic carbocycles. The number of likely N-dealkylation sites (tertiary alicyclic amines) is 1. The summed E-state index contributed by atoms with van der Waals surface area (Å²) < 4.78 is 5.42. The topological polar surface area (TPSA) is 66.9 Å². The van der Waals surface area contributed by atoms with Crippen LogP contribution in [0.15, 0.2) is 48.5 Å². The maximum absolute atomic E-state index is 12.4. The van der Waals surface area contributed by atoms with Gasteiger partial charge in [-0.2, -0.15) is 0 Å².